The average Bonchev–Trinajstić information content (AvgIpc) is 2.64. The van der Waals surface area contributed by atoms with E-state index in [1.54, 1.807) is 13.0 Å². The Morgan fingerprint density at radius 1 is 1.50 bits per heavy atom. The summed E-state index contributed by atoms with van der Waals surface area (Å²) in [5.74, 6) is 1.05. The molecule has 1 aliphatic rings. The summed E-state index contributed by atoms with van der Waals surface area (Å²) < 4.78 is 10.6. The lowest BCUT2D eigenvalue weighted by molar-refractivity contribution is 0.0153. The molecule has 16 heavy (non-hydrogen) atoms. The van der Waals surface area contributed by atoms with Crippen LogP contribution in [0.15, 0.2) is 16.7 Å². The highest BCUT2D eigenvalue weighted by molar-refractivity contribution is 5.90. The van der Waals surface area contributed by atoms with E-state index < -0.39 is 0 Å². The largest absolute Gasteiger partial charge is 0.469 e. The molecule has 1 aromatic heterocycles. The molecule has 0 spiro atoms. The maximum atomic E-state index is 11.8. The smallest absolute Gasteiger partial charge is 0.341 e. The number of esters is 1. The van der Waals surface area contributed by atoms with Crippen molar-refractivity contribution in [2.75, 3.05) is 0 Å². The Hall–Kier alpha value is -1.25. The maximum Gasteiger partial charge on any atom is 0.341 e. The number of furan rings is 1. The molecule has 0 aromatic carbocycles. The lowest BCUT2D eigenvalue weighted by Crippen LogP contribution is -2.24. The summed E-state index contributed by atoms with van der Waals surface area (Å²) in [7, 11) is 0. The predicted molar refractivity (Wildman–Crippen MR) is 60.3 cm³/mol. The first-order chi connectivity index (χ1) is 7.66. The zero-order valence-electron chi connectivity index (χ0n) is 9.86. The lowest BCUT2D eigenvalue weighted by Gasteiger charge is -2.26. The normalized spacial score (nSPS) is 25.4. The van der Waals surface area contributed by atoms with Gasteiger partial charge in [0.1, 0.15) is 17.4 Å². The first kappa shape index (κ1) is 11.2. The summed E-state index contributed by atoms with van der Waals surface area (Å²) in [6.07, 6.45) is 6.00. The van der Waals surface area contributed by atoms with Crippen LogP contribution in [0, 0.1) is 12.8 Å². The van der Waals surface area contributed by atoms with Crippen LogP contribution in [0.1, 0.15) is 48.7 Å². The minimum atomic E-state index is -0.245. The number of aryl methyl sites for hydroxylation is 1. The summed E-state index contributed by atoms with van der Waals surface area (Å²) in [6, 6.07) is 1.67. The van der Waals surface area contributed by atoms with Gasteiger partial charge in [-0.3, -0.25) is 0 Å². The van der Waals surface area contributed by atoms with Gasteiger partial charge in [0, 0.05) is 0 Å². The molecule has 0 N–H and O–H groups in total. The highest BCUT2D eigenvalue weighted by Gasteiger charge is 2.23. The quantitative estimate of drug-likeness (QED) is 0.720. The number of carbonyl (C=O) groups is 1. The fraction of sp³-hybridized carbons (Fsp3) is 0.615. The van der Waals surface area contributed by atoms with Gasteiger partial charge in [-0.1, -0.05) is 13.3 Å². The Bertz CT molecular complexity index is 367. The molecule has 3 nitrogen and oxygen atoms in total. The minimum absolute atomic E-state index is 0.0885. The zero-order valence-corrected chi connectivity index (χ0v) is 9.86. The molecule has 0 amide bonds. The SMILES string of the molecule is Cc1occc1C(=O)OC1CCCC(C)C1. The van der Waals surface area contributed by atoms with Crippen LogP contribution in [0.5, 0.6) is 0 Å². The van der Waals surface area contributed by atoms with Gasteiger partial charge in [0.2, 0.25) is 0 Å². The van der Waals surface area contributed by atoms with Crippen molar-refractivity contribution in [1.29, 1.82) is 0 Å². The Labute approximate surface area is 95.8 Å². The van der Waals surface area contributed by atoms with Gasteiger partial charge in [-0.05, 0) is 38.2 Å². The molecule has 0 radical (unpaired) electrons. The Kier molecular flexibility index (Phi) is 3.32. The molecular weight excluding hydrogens is 204 g/mol. The van der Waals surface area contributed by atoms with Crippen LogP contribution in [0.4, 0.5) is 0 Å². The van der Waals surface area contributed by atoms with Gasteiger partial charge in [-0.2, -0.15) is 0 Å². The molecule has 2 rings (SSSR count). The van der Waals surface area contributed by atoms with Gasteiger partial charge >= 0.3 is 5.97 Å². The van der Waals surface area contributed by atoms with Crippen molar-refractivity contribution >= 4 is 5.97 Å². The van der Waals surface area contributed by atoms with E-state index in [-0.39, 0.29) is 12.1 Å². The molecule has 1 heterocycles. The summed E-state index contributed by atoms with van der Waals surface area (Å²) in [5, 5.41) is 0. The van der Waals surface area contributed by atoms with E-state index in [2.05, 4.69) is 6.92 Å². The van der Waals surface area contributed by atoms with Crippen molar-refractivity contribution in [1.82, 2.24) is 0 Å². The third-order valence-corrected chi connectivity index (χ3v) is 3.24. The zero-order chi connectivity index (χ0) is 11.5. The van der Waals surface area contributed by atoms with Gasteiger partial charge in [0.15, 0.2) is 0 Å². The van der Waals surface area contributed by atoms with Gasteiger partial charge in [0.25, 0.3) is 0 Å². The second kappa shape index (κ2) is 4.73. The average molecular weight is 222 g/mol. The third-order valence-electron chi connectivity index (χ3n) is 3.24. The molecule has 88 valence electrons. The number of carbonyl (C=O) groups excluding carboxylic acids is 1. The highest BCUT2D eigenvalue weighted by atomic mass is 16.5. The standard InChI is InChI=1S/C13H18O3/c1-9-4-3-5-11(8-9)16-13(14)12-6-7-15-10(12)2/h6-7,9,11H,3-5,8H2,1-2H3. The predicted octanol–water partition coefficient (Wildman–Crippen LogP) is 3.32. The van der Waals surface area contributed by atoms with E-state index in [0.717, 1.165) is 19.3 Å². The number of hydrogen-bond acceptors (Lipinski definition) is 3. The molecule has 2 atom stereocenters. The van der Waals surface area contributed by atoms with Gasteiger partial charge in [-0.15, -0.1) is 0 Å². The summed E-state index contributed by atoms with van der Waals surface area (Å²) in [4.78, 5) is 11.8. The summed E-state index contributed by atoms with van der Waals surface area (Å²) in [5.41, 5.74) is 0.554. The molecule has 1 saturated carbocycles. The van der Waals surface area contributed by atoms with Crippen molar-refractivity contribution in [3.05, 3.63) is 23.7 Å². The van der Waals surface area contributed by atoms with Crippen LogP contribution >= 0.6 is 0 Å². The maximum absolute atomic E-state index is 11.8. The van der Waals surface area contributed by atoms with Gasteiger partial charge in [0.05, 0.1) is 6.26 Å². The van der Waals surface area contributed by atoms with Crippen molar-refractivity contribution in [3.8, 4) is 0 Å². The van der Waals surface area contributed by atoms with Crippen LogP contribution in [-0.4, -0.2) is 12.1 Å². The third kappa shape index (κ3) is 2.46. The van der Waals surface area contributed by atoms with E-state index in [0.29, 0.717) is 17.2 Å². The van der Waals surface area contributed by atoms with Crippen molar-refractivity contribution < 1.29 is 13.9 Å². The monoisotopic (exact) mass is 222 g/mol. The molecule has 0 bridgehead atoms. The first-order valence-corrected chi connectivity index (χ1v) is 5.92. The molecule has 3 heteroatoms. The molecule has 2 unspecified atom stereocenters. The van der Waals surface area contributed by atoms with Crippen LogP contribution in [0.25, 0.3) is 0 Å². The number of rotatable bonds is 2. The van der Waals surface area contributed by atoms with E-state index in [9.17, 15) is 4.79 Å². The number of hydrogen-bond donors (Lipinski definition) is 0. The van der Waals surface area contributed by atoms with E-state index in [1.165, 1.54) is 12.7 Å². The molecular formula is C13H18O3. The van der Waals surface area contributed by atoms with E-state index in [4.69, 9.17) is 9.15 Å². The van der Waals surface area contributed by atoms with Gasteiger partial charge in [-0.25, -0.2) is 4.79 Å². The van der Waals surface area contributed by atoms with Gasteiger partial charge < -0.3 is 9.15 Å². The van der Waals surface area contributed by atoms with Crippen LogP contribution in [0.3, 0.4) is 0 Å². The molecule has 1 aliphatic carbocycles. The second-order valence-electron chi connectivity index (χ2n) is 4.69. The van der Waals surface area contributed by atoms with Crippen molar-refractivity contribution in [3.63, 3.8) is 0 Å². The summed E-state index contributed by atoms with van der Waals surface area (Å²) in [6.45, 7) is 3.99. The topological polar surface area (TPSA) is 39.4 Å². The Balaban J connectivity index is 1.95. The number of ether oxygens (including phenoxy) is 1. The first-order valence-electron chi connectivity index (χ1n) is 5.92. The van der Waals surface area contributed by atoms with E-state index >= 15 is 0 Å². The molecule has 0 aliphatic heterocycles. The highest BCUT2D eigenvalue weighted by Crippen LogP contribution is 2.26. The molecule has 1 aromatic rings. The molecule has 1 fully saturated rings. The Morgan fingerprint density at radius 3 is 2.94 bits per heavy atom. The fourth-order valence-corrected chi connectivity index (χ4v) is 2.30. The van der Waals surface area contributed by atoms with Crippen molar-refractivity contribution in [2.45, 2.75) is 45.6 Å². The van der Waals surface area contributed by atoms with Crippen LogP contribution in [-0.2, 0) is 4.74 Å². The van der Waals surface area contributed by atoms with Crippen LogP contribution < -0.4 is 0 Å². The van der Waals surface area contributed by atoms with E-state index in [1.807, 2.05) is 0 Å². The second-order valence-corrected chi connectivity index (χ2v) is 4.69. The van der Waals surface area contributed by atoms with Crippen molar-refractivity contribution in [2.24, 2.45) is 5.92 Å². The molecule has 0 saturated heterocycles. The lowest BCUT2D eigenvalue weighted by atomic mass is 9.89. The minimum Gasteiger partial charge on any atom is -0.469 e. The van der Waals surface area contributed by atoms with Crippen LogP contribution in [0.2, 0.25) is 0 Å². The summed E-state index contributed by atoms with van der Waals surface area (Å²) >= 11 is 0. The fourth-order valence-electron chi connectivity index (χ4n) is 2.30. The Morgan fingerprint density at radius 2 is 2.31 bits per heavy atom.